The first-order chi connectivity index (χ1) is 7.63. The van der Waals surface area contributed by atoms with Crippen LogP contribution in [0.1, 0.15) is 18.9 Å². The number of ether oxygens (including phenoxy) is 1. The Morgan fingerprint density at radius 1 is 1.31 bits per heavy atom. The van der Waals surface area contributed by atoms with Crippen molar-refractivity contribution in [3.63, 3.8) is 0 Å². The number of carbonyl (C=O) groups is 2. The molecule has 4 heteroatoms. The number of Topliss-reactive ketones (excluding diaryl/α,β-unsaturated/α-hetero) is 1. The Bertz CT molecular complexity index is 388. The highest BCUT2D eigenvalue weighted by atomic mass is 35.5. The van der Waals surface area contributed by atoms with Gasteiger partial charge in [0.25, 0.3) is 0 Å². The van der Waals surface area contributed by atoms with Crippen LogP contribution < -0.4 is 0 Å². The van der Waals surface area contributed by atoms with Crippen LogP contribution in [-0.4, -0.2) is 18.4 Å². The smallest absolute Gasteiger partial charge is 0.313 e. The van der Waals surface area contributed by atoms with Crippen LogP contribution in [0.2, 0.25) is 5.02 Å². The van der Waals surface area contributed by atoms with Crippen LogP contribution in [0, 0.1) is 0 Å². The molecule has 0 atom stereocenters. The van der Waals surface area contributed by atoms with Crippen LogP contribution in [-0.2, 0) is 20.7 Å². The number of hydrogen-bond donors (Lipinski definition) is 0. The predicted octanol–water partition coefficient (Wildman–Crippen LogP) is 2.40. The molecule has 0 radical (unpaired) electrons. The van der Waals surface area contributed by atoms with E-state index in [-0.39, 0.29) is 25.2 Å². The topological polar surface area (TPSA) is 43.4 Å². The Labute approximate surface area is 99.4 Å². The zero-order valence-corrected chi connectivity index (χ0v) is 9.79. The summed E-state index contributed by atoms with van der Waals surface area (Å²) < 4.78 is 4.69. The van der Waals surface area contributed by atoms with Crippen molar-refractivity contribution in [2.45, 2.75) is 19.8 Å². The molecular weight excluding hydrogens is 228 g/mol. The third-order valence-electron chi connectivity index (χ3n) is 1.99. The summed E-state index contributed by atoms with van der Waals surface area (Å²) in [5, 5.41) is 0.541. The number of halogens is 1. The van der Waals surface area contributed by atoms with Gasteiger partial charge < -0.3 is 4.74 Å². The van der Waals surface area contributed by atoms with Crippen molar-refractivity contribution in [1.82, 2.24) is 0 Å². The number of rotatable bonds is 5. The summed E-state index contributed by atoms with van der Waals surface area (Å²) in [6.07, 6.45) is -0.0302. The lowest BCUT2D eigenvalue weighted by Crippen LogP contribution is -2.13. The van der Waals surface area contributed by atoms with Gasteiger partial charge in [-0.15, -0.1) is 0 Å². The fourth-order valence-corrected chi connectivity index (χ4v) is 1.49. The second-order valence-corrected chi connectivity index (χ2v) is 3.70. The maximum absolute atomic E-state index is 11.5. The van der Waals surface area contributed by atoms with Crippen LogP contribution in [0.15, 0.2) is 24.3 Å². The highest BCUT2D eigenvalue weighted by Crippen LogP contribution is 2.16. The molecule has 0 amide bonds. The van der Waals surface area contributed by atoms with Gasteiger partial charge >= 0.3 is 5.97 Å². The van der Waals surface area contributed by atoms with Crippen molar-refractivity contribution in [2.24, 2.45) is 0 Å². The first-order valence-corrected chi connectivity index (χ1v) is 5.42. The van der Waals surface area contributed by atoms with Crippen LogP contribution in [0.5, 0.6) is 0 Å². The van der Waals surface area contributed by atoms with Gasteiger partial charge in [-0.1, -0.05) is 29.8 Å². The molecule has 0 aliphatic carbocycles. The van der Waals surface area contributed by atoms with Crippen molar-refractivity contribution in [2.75, 3.05) is 6.61 Å². The number of hydrogen-bond acceptors (Lipinski definition) is 3. The van der Waals surface area contributed by atoms with E-state index in [0.717, 1.165) is 5.56 Å². The minimum absolute atomic E-state index is 0.165. The molecule has 86 valence electrons. The minimum atomic E-state index is -0.487. The summed E-state index contributed by atoms with van der Waals surface area (Å²) in [5.74, 6) is -0.675. The highest BCUT2D eigenvalue weighted by Gasteiger charge is 2.12. The summed E-state index contributed by atoms with van der Waals surface area (Å²) >= 11 is 5.90. The number of benzene rings is 1. The third-order valence-corrected chi connectivity index (χ3v) is 2.36. The molecule has 0 bridgehead atoms. The summed E-state index contributed by atoms with van der Waals surface area (Å²) in [6, 6.07) is 7.08. The van der Waals surface area contributed by atoms with Crippen LogP contribution in [0.4, 0.5) is 0 Å². The van der Waals surface area contributed by atoms with Crippen LogP contribution in [0.3, 0.4) is 0 Å². The maximum atomic E-state index is 11.5. The van der Waals surface area contributed by atoms with Gasteiger partial charge in [0, 0.05) is 11.4 Å². The van der Waals surface area contributed by atoms with E-state index >= 15 is 0 Å². The number of carbonyl (C=O) groups excluding carboxylic acids is 2. The lowest BCUT2D eigenvalue weighted by atomic mass is 10.1. The fraction of sp³-hybridized carbons (Fsp3) is 0.333. The molecule has 16 heavy (non-hydrogen) atoms. The van der Waals surface area contributed by atoms with Gasteiger partial charge in [0.1, 0.15) is 12.2 Å². The molecule has 1 rings (SSSR count). The van der Waals surface area contributed by atoms with Crippen molar-refractivity contribution in [3.8, 4) is 0 Å². The SMILES string of the molecule is CCOC(=O)CC(=O)Cc1ccccc1Cl. The number of ketones is 1. The fourth-order valence-electron chi connectivity index (χ4n) is 1.29. The van der Waals surface area contributed by atoms with E-state index in [2.05, 4.69) is 4.74 Å². The Morgan fingerprint density at radius 3 is 2.62 bits per heavy atom. The first-order valence-electron chi connectivity index (χ1n) is 5.04. The second-order valence-electron chi connectivity index (χ2n) is 3.29. The third kappa shape index (κ3) is 4.03. The standard InChI is InChI=1S/C12H13ClO3/c1-2-16-12(15)8-10(14)7-9-5-3-4-6-11(9)13/h3-6H,2,7-8H2,1H3. The Morgan fingerprint density at radius 2 is 2.00 bits per heavy atom. The van der Waals surface area contributed by atoms with Gasteiger partial charge in [-0.05, 0) is 18.6 Å². The average Bonchev–Trinajstić information content (AvgIpc) is 2.21. The number of esters is 1. The molecule has 0 fully saturated rings. The van der Waals surface area contributed by atoms with Crippen molar-refractivity contribution < 1.29 is 14.3 Å². The highest BCUT2D eigenvalue weighted by molar-refractivity contribution is 6.31. The van der Waals surface area contributed by atoms with Crippen molar-refractivity contribution >= 4 is 23.4 Å². The molecule has 1 aromatic rings. The van der Waals surface area contributed by atoms with Gasteiger partial charge in [-0.2, -0.15) is 0 Å². The van der Waals surface area contributed by atoms with E-state index in [4.69, 9.17) is 11.6 Å². The van der Waals surface area contributed by atoms with E-state index in [1.54, 1.807) is 31.2 Å². The summed E-state index contributed by atoms with van der Waals surface area (Å²) in [6.45, 7) is 1.99. The molecule has 0 aromatic heterocycles. The molecule has 0 aliphatic rings. The molecule has 3 nitrogen and oxygen atoms in total. The van der Waals surface area contributed by atoms with Gasteiger partial charge in [-0.25, -0.2) is 0 Å². The van der Waals surface area contributed by atoms with Crippen molar-refractivity contribution in [1.29, 1.82) is 0 Å². The average molecular weight is 241 g/mol. The van der Waals surface area contributed by atoms with E-state index in [1.165, 1.54) is 0 Å². The zero-order chi connectivity index (χ0) is 12.0. The van der Waals surface area contributed by atoms with E-state index in [1.807, 2.05) is 0 Å². The van der Waals surface area contributed by atoms with Gasteiger partial charge in [0.05, 0.1) is 6.61 Å². The monoisotopic (exact) mass is 240 g/mol. The Kier molecular flexibility index (Phi) is 4.99. The first kappa shape index (κ1) is 12.7. The van der Waals surface area contributed by atoms with E-state index < -0.39 is 5.97 Å². The molecule has 0 aliphatic heterocycles. The Hall–Kier alpha value is -1.35. The minimum Gasteiger partial charge on any atom is -0.466 e. The molecule has 0 saturated carbocycles. The molecule has 0 heterocycles. The lowest BCUT2D eigenvalue weighted by Gasteiger charge is -2.03. The van der Waals surface area contributed by atoms with E-state index in [9.17, 15) is 9.59 Å². The molecule has 0 unspecified atom stereocenters. The molecule has 0 saturated heterocycles. The Balaban J connectivity index is 2.52. The maximum Gasteiger partial charge on any atom is 0.313 e. The summed E-state index contributed by atoms with van der Waals surface area (Å²) in [4.78, 5) is 22.5. The van der Waals surface area contributed by atoms with Crippen LogP contribution >= 0.6 is 11.6 Å². The zero-order valence-electron chi connectivity index (χ0n) is 9.03. The second kappa shape index (κ2) is 6.28. The summed E-state index contributed by atoms with van der Waals surface area (Å²) in [5.41, 5.74) is 0.735. The van der Waals surface area contributed by atoms with E-state index in [0.29, 0.717) is 5.02 Å². The summed E-state index contributed by atoms with van der Waals surface area (Å²) in [7, 11) is 0. The van der Waals surface area contributed by atoms with Crippen LogP contribution in [0.25, 0.3) is 0 Å². The molecule has 0 spiro atoms. The quantitative estimate of drug-likeness (QED) is 0.586. The van der Waals surface area contributed by atoms with Gasteiger partial charge in [-0.3, -0.25) is 9.59 Å². The molecule has 1 aromatic carbocycles. The van der Waals surface area contributed by atoms with Gasteiger partial charge in [0.2, 0.25) is 0 Å². The molecule has 0 N–H and O–H groups in total. The van der Waals surface area contributed by atoms with Crippen molar-refractivity contribution in [3.05, 3.63) is 34.9 Å². The van der Waals surface area contributed by atoms with Gasteiger partial charge in [0.15, 0.2) is 0 Å². The normalized spacial score (nSPS) is 9.88. The molecular formula is C12H13ClO3. The lowest BCUT2D eigenvalue weighted by molar-refractivity contribution is -0.145. The predicted molar refractivity (Wildman–Crippen MR) is 61.4 cm³/mol. The largest absolute Gasteiger partial charge is 0.466 e.